The van der Waals surface area contributed by atoms with Crippen LogP contribution in [0.1, 0.15) is 23.4 Å². The van der Waals surface area contributed by atoms with Crippen molar-refractivity contribution >= 4 is 52.1 Å². The lowest BCUT2D eigenvalue weighted by atomic mass is 10.1. The molecule has 2 heterocycles. The fraction of sp³-hybridized carbons (Fsp3) is 0.333. The average Bonchev–Trinajstić information content (AvgIpc) is 3.22. The van der Waals surface area contributed by atoms with Gasteiger partial charge in [-0.05, 0) is 67.9 Å². The number of piperidine rings is 1. The molecule has 0 spiro atoms. The zero-order valence-electron chi connectivity index (χ0n) is 16.6. The molecule has 0 radical (unpaired) electrons. The number of nitrogens with one attached hydrogen (secondary N) is 2. The van der Waals surface area contributed by atoms with E-state index >= 15 is 0 Å². The number of ether oxygens (including phenoxy) is 2. The van der Waals surface area contributed by atoms with Crippen molar-refractivity contribution in [3.05, 3.63) is 63.1 Å². The highest BCUT2D eigenvalue weighted by Gasteiger charge is 2.16. The second-order valence-electron chi connectivity index (χ2n) is 6.93. The molecular weight excluding hydrogens is 479 g/mol. The van der Waals surface area contributed by atoms with Gasteiger partial charge >= 0.3 is 0 Å². The molecule has 0 bridgehead atoms. The number of anilines is 1. The monoisotopic (exact) mass is 500 g/mol. The predicted octanol–water partition coefficient (Wildman–Crippen LogP) is 5.59. The van der Waals surface area contributed by atoms with Gasteiger partial charge in [-0.15, -0.1) is 22.6 Å². The van der Waals surface area contributed by atoms with Crippen LogP contribution in [0.15, 0.2) is 42.5 Å². The Hall–Kier alpha value is -1.77. The van der Waals surface area contributed by atoms with Gasteiger partial charge in [0.2, 0.25) is 5.13 Å². The molecular formula is C21H23Cl3N4O2S. The van der Waals surface area contributed by atoms with Crippen LogP contribution < -0.4 is 20.1 Å². The third-order valence-electron chi connectivity index (χ3n) is 4.66. The second kappa shape index (κ2) is 11.7. The molecule has 2 aromatic carbocycles. The lowest BCUT2D eigenvalue weighted by Crippen LogP contribution is -2.34. The highest BCUT2D eigenvalue weighted by molar-refractivity contribution is 7.15. The van der Waals surface area contributed by atoms with E-state index in [1.807, 2.05) is 30.3 Å². The van der Waals surface area contributed by atoms with Crippen LogP contribution in [0.25, 0.3) is 0 Å². The average molecular weight is 502 g/mol. The van der Waals surface area contributed by atoms with Crippen LogP contribution in [-0.2, 0) is 13.2 Å². The lowest BCUT2D eigenvalue weighted by Gasteiger charge is -2.24. The first-order valence-corrected chi connectivity index (χ1v) is 11.3. The van der Waals surface area contributed by atoms with Crippen molar-refractivity contribution in [2.24, 2.45) is 0 Å². The Morgan fingerprint density at radius 1 is 1.06 bits per heavy atom. The first kappa shape index (κ1) is 23.9. The maximum Gasteiger partial charge on any atom is 0.206 e. The molecule has 1 aromatic heterocycles. The van der Waals surface area contributed by atoms with Gasteiger partial charge in [-0.25, -0.2) is 0 Å². The van der Waals surface area contributed by atoms with Crippen molar-refractivity contribution in [2.75, 3.05) is 18.4 Å². The summed E-state index contributed by atoms with van der Waals surface area (Å²) in [7, 11) is 0. The minimum Gasteiger partial charge on any atom is -0.489 e. The Kier molecular flexibility index (Phi) is 9.04. The van der Waals surface area contributed by atoms with Crippen LogP contribution in [0.2, 0.25) is 10.0 Å². The van der Waals surface area contributed by atoms with Gasteiger partial charge in [0.1, 0.15) is 24.2 Å². The Morgan fingerprint density at radius 3 is 2.58 bits per heavy atom. The Bertz CT molecular complexity index is 966. The summed E-state index contributed by atoms with van der Waals surface area (Å²) in [5.41, 5.74) is 1.05. The minimum absolute atomic E-state index is 0. The number of hydrogen-bond acceptors (Lipinski definition) is 7. The fourth-order valence-electron chi connectivity index (χ4n) is 3.08. The quantitative estimate of drug-likeness (QED) is 0.419. The van der Waals surface area contributed by atoms with Crippen molar-refractivity contribution < 1.29 is 9.47 Å². The normalized spacial score (nSPS) is 14.0. The largest absolute Gasteiger partial charge is 0.489 e. The van der Waals surface area contributed by atoms with Crippen molar-refractivity contribution in [2.45, 2.75) is 32.1 Å². The summed E-state index contributed by atoms with van der Waals surface area (Å²) in [6, 6.07) is 13.1. The standard InChI is InChI=1S/C21H22Cl2N4O2S.ClH/c22-15-2-4-16(5-3-15)28-13-20-26-27-21(30-20)25-12-14-1-6-19(18(23)11-14)29-17-7-9-24-10-8-17;/h1-6,11,17,24H,7-10,12-13H2,(H,25,27);1H. The van der Waals surface area contributed by atoms with Gasteiger partial charge in [-0.2, -0.15) is 0 Å². The molecule has 1 saturated heterocycles. The summed E-state index contributed by atoms with van der Waals surface area (Å²) >= 11 is 13.8. The second-order valence-corrected chi connectivity index (χ2v) is 8.83. The zero-order valence-corrected chi connectivity index (χ0v) is 19.8. The summed E-state index contributed by atoms with van der Waals surface area (Å²) in [4.78, 5) is 0. The predicted molar refractivity (Wildman–Crippen MR) is 128 cm³/mol. The third kappa shape index (κ3) is 7.12. The minimum atomic E-state index is 0. The SMILES string of the molecule is Cl.Clc1ccc(OCc2nnc(NCc3ccc(OC4CCNCC4)c(Cl)c3)s2)cc1. The third-order valence-corrected chi connectivity index (χ3v) is 6.06. The first-order valence-electron chi connectivity index (χ1n) is 9.76. The van der Waals surface area contributed by atoms with E-state index in [4.69, 9.17) is 32.7 Å². The van der Waals surface area contributed by atoms with Gasteiger partial charge in [0.15, 0.2) is 5.01 Å². The molecule has 1 fully saturated rings. The highest BCUT2D eigenvalue weighted by Crippen LogP contribution is 2.28. The Balaban J connectivity index is 0.00000272. The summed E-state index contributed by atoms with van der Waals surface area (Å²) < 4.78 is 11.7. The topological polar surface area (TPSA) is 68.3 Å². The van der Waals surface area contributed by atoms with Crippen molar-refractivity contribution in [3.8, 4) is 11.5 Å². The van der Waals surface area contributed by atoms with Crippen molar-refractivity contribution in [1.29, 1.82) is 0 Å². The summed E-state index contributed by atoms with van der Waals surface area (Å²) in [6.07, 6.45) is 2.23. The van der Waals surface area contributed by atoms with Gasteiger partial charge < -0.3 is 20.1 Å². The first-order chi connectivity index (χ1) is 14.7. The van der Waals surface area contributed by atoms with E-state index in [1.165, 1.54) is 11.3 Å². The summed E-state index contributed by atoms with van der Waals surface area (Å²) in [6.45, 7) is 2.92. The molecule has 31 heavy (non-hydrogen) atoms. The van der Waals surface area contributed by atoms with E-state index in [9.17, 15) is 0 Å². The van der Waals surface area contributed by atoms with Gasteiger partial charge in [-0.1, -0.05) is 40.6 Å². The molecule has 166 valence electrons. The number of nitrogens with zero attached hydrogens (tertiary/aromatic N) is 2. The molecule has 3 aromatic rings. The fourth-order valence-corrected chi connectivity index (χ4v) is 4.10. The van der Waals surface area contributed by atoms with E-state index in [2.05, 4.69) is 20.8 Å². The molecule has 6 nitrogen and oxygen atoms in total. The Morgan fingerprint density at radius 2 is 1.84 bits per heavy atom. The molecule has 0 atom stereocenters. The lowest BCUT2D eigenvalue weighted by molar-refractivity contribution is 0.162. The number of hydrogen-bond donors (Lipinski definition) is 2. The molecule has 0 amide bonds. The van der Waals surface area contributed by atoms with Crippen LogP contribution in [0, 0.1) is 0 Å². The molecule has 4 rings (SSSR count). The van der Waals surface area contributed by atoms with Crippen molar-refractivity contribution in [3.63, 3.8) is 0 Å². The van der Waals surface area contributed by atoms with Gasteiger partial charge in [0.25, 0.3) is 0 Å². The van der Waals surface area contributed by atoms with Gasteiger partial charge in [0.05, 0.1) is 5.02 Å². The van der Waals surface area contributed by atoms with Gasteiger partial charge in [-0.3, -0.25) is 0 Å². The van der Waals surface area contributed by atoms with E-state index < -0.39 is 0 Å². The smallest absolute Gasteiger partial charge is 0.206 e. The zero-order chi connectivity index (χ0) is 20.8. The van der Waals surface area contributed by atoms with Crippen LogP contribution in [0.5, 0.6) is 11.5 Å². The summed E-state index contributed by atoms with van der Waals surface area (Å²) in [5.74, 6) is 1.48. The maximum absolute atomic E-state index is 6.43. The highest BCUT2D eigenvalue weighted by atomic mass is 35.5. The molecule has 0 saturated carbocycles. The number of halogens is 3. The number of rotatable bonds is 8. The molecule has 10 heteroatoms. The summed E-state index contributed by atoms with van der Waals surface area (Å²) in [5, 5.41) is 17.8. The van der Waals surface area contributed by atoms with Crippen LogP contribution in [-0.4, -0.2) is 29.4 Å². The van der Waals surface area contributed by atoms with Crippen LogP contribution >= 0.6 is 46.9 Å². The van der Waals surface area contributed by atoms with E-state index in [0.717, 1.165) is 53.1 Å². The molecule has 1 aliphatic rings. The van der Waals surface area contributed by atoms with Crippen LogP contribution in [0.3, 0.4) is 0 Å². The van der Waals surface area contributed by atoms with E-state index in [-0.39, 0.29) is 18.5 Å². The number of aromatic nitrogens is 2. The molecule has 0 aliphatic carbocycles. The molecule has 2 N–H and O–H groups in total. The number of benzene rings is 2. The molecule has 1 aliphatic heterocycles. The molecule has 0 unspecified atom stereocenters. The Labute approximate surface area is 201 Å². The maximum atomic E-state index is 6.43. The van der Waals surface area contributed by atoms with Crippen molar-refractivity contribution in [1.82, 2.24) is 15.5 Å². The van der Waals surface area contributed by atoms with Gasteiger partial charge in [0, 0.05) is 11.6 Å². The van der Waals surface area contributed by atoms with Crippen LogP contribution in [0.4, 0.5) is 5.13 Å². The van der Waals surface area contributed by atoms with E-state index in [0.29, 0.717) is 23.2 Å². The van der Waals surface area contributed by atoms with E-state index in [1.54, 1.807) is 12.1 Å².